The van der Waals surface area contributed by atoms with Gasteiger partial charge in [-0.05, 0) is 54.5 Å². The van der Waals surface area contributed by atoms with Crippen molar-refractivity contribution in [3.05, 3.63) is 122 Å². The van der Waals surface area contributed by atoms with Crippen molar-refractivity contribution in [3.8, 4) is 11.1 Å². The van der Waals surface area contributed by atoms with Gasteiger partial charge in [-0.3, -0.25) is 4.99 Å². The van der Waals surface area contributed by atoms with Crippen LogP contribution in [0.5, 0.6) is 0 Å². The first kappa shape index (κ1) is 23.4. The maximum atomic E-state index is 5.37. The highest BCUT2D eigenvalue weighted by Gasteiger charge is 2.14. The van der Waals surface area contributed by atoms with E-state index < -0.39 is 0 Å². The Kier molecular flexibility index (Phi) is 9.06. The van der Waals surface area contributed by atoms with Crippen LogP contribution in [0.25, 0.3) is 16.8 Å². The third-order valence-corrected chi connectivity index (χ3v) is 4.75. The Labute approximate surface area is 186 Å². The molecule has 0 saturated heterocycles. The van der Waals surface area contributed by atoms with Crippen molar-refractivity contribution in [2.45, 2.75) is 13.8 Å². The highest BCUT2D eigenvalue weighted by molar-refractivity contribution is 6.03. The lowest BCUT2D eigenvalue weighted by atomic mass is 9.96. The molecule has 3 N–H and O–H groups in total. The lowest BCUT2D eigenvalue weighted by molar-refractivity contribution is 0.983. The van der Waals surface area contributed by atoms with Crippen molar-refractivity contribution >= 4 is 17.1 Å². The molecule has 0 unspecified atom stereocenters. The summed E-state index contributed by atoms with van der Waals surface area (Å²) in [6.45, 7) is 16.8. The zero-order chi connectivity index (χ0) is 22.6. The summed E-state index contributed by atoms with van der Waals surface area (Å²) in [7, 11) is 0. The van der Waals surface area contributed by atoms with E-state index >= 15 is 0 Å². The van der Waals surface area contributed by atoms with Gasteiger partial charge in [-0.15, -0.1) is 0 Å². The SMILES string of the molecule is C=C/C(=C\C)C(C)=Nc1cccc(-c2ccccc2)c1C(=C)NCC(=C)/C=C\C=C/N. The first-order valence-electron chi connectivity index (χ1n) is 10.2. The molecule has 158 valence electrons. The number of hydrogen-bond donors (Lipinski definition) is 2. The second-order valence-corrected chi connectivity index (χ2v) is 6.95. The second kappa shape index (κ2) is 12.0. The summed E-state index contributed by atoms with van der Waals surface area (Å²) >= 11 is 0. The molecule has 0 atom stereocenters. The van der Waals surface area contributed by atoms with Gasteiger partial charge in [0, 0.05) is 23.5 Å². The molecule has 0 heterocycles. The van der Waals surface area contributed by atoms with Gasteiger partial charge < -0.3 is 11.1 Å². The average Bonchev–Trinajstić information content (AvgIpc) is 2.79. The molecule has 0 aromatic heterocycles. The molecule has 0 spiro atoms. The Hall–Kier alpha value is -3.85. The molecule has 31 heavy (non-hydrogen) atoms. The number of hydrogen-bond acceptors (Lipinski definition) is 3. The van der Waals surface area contributed by atoms with E-state index in [0.29, 0.717) is 6.54 Å². The lowest BCUT2D eigenvalue weighted by Gasteiger charge is -2.17. The van der Waals surface area contributed by atoms with Crippen LogP contribution in [0.3, 0.4) is 0 Å². The van der Waals surface area contributed by atoms with Gasteiger partial charge in [0.25, 0.3) is 0 Å². The van der Waals surface area contributed by atoms with Gasteiger partial charge in [0.1, 0.15) is 0 Å². The van der Waals surface area contributed by atoms with Gasteiger partial charge in [-0.2, -0.15) is 0 Å². The highest BCUT2D eigenvalue weighted by Crippen LogP contribution is 2.35. The van der Waals surface area contributed by atoms with Crippen molar-refractivity contribution < 1.29 is 0 Å². The van der Waals surface area contributed by atoms with Crippen LogP contribution in [-0.2, 0) is 0 Å². The molecule has 2 aromatic rings. The van der Waals surface area contributed by atoms with Crippen molar-refractivity contribution in [3.63, 3.8) is 0 Å². The molecular weight excluding hydrogens is 378 g/mol. The molecule has 0 fully saturated rings. The number of nitrogens with two attached hydrogens (primary N) is 1. The van der Waals surface area contributed by atoms with Crippen LogP contribution in [0.2, 0.25) is 0 Å². The smallest absolute Gasteiger partial charge is 0.0732 e. The Balaban J connectivity index is 2.48. The molecule has 2 rings (SSSR count). The maximum absolute atomic E-state index is 5.37. The minimum atomic E-state index is 0.561. The Bertz CT molecular complexity index is 1050. The van der Waals surface area contributed by atoms with E-state index in [2.05, 4.69) is 43.3 Å². The summed E-state index contributed by atoms with van der Waals surface area (Å²) in [5.74, 6) is 0. The fourth-order valence-corrected chi connectivity index (χ4v) is 3.15. The van der Waals surface area contributed by atoms with Crippen molar-refractivity contribution in [2.24, 2.45) is 10.7 Å². The van der Waals surface area contributed by atoms with E-state index in [-0.39, 0.29) is 0 Å². The van der Waals surface area contributed by atoms with E-state index in [0.717, 1.165) is 44.9 Å². The number of benzene rings is 2. The molecule has 0 aliphatic rings. The average molecular weight is 410 g/mol. The van der Waals surface area contributed by atoms with Crippen molar-refractivity contribution in [1.29, 1.82) is 0 Å². The number of nitrogens with zero attached hydrogens (tertiary/aromatic N) is 1. The summed E-state index contributed by atoms with van der Waals surface area (Å²) in [6.07, 6.45) is 10.8. The van der Waals surface area contributed by atoms with E-state index in [9.17, 15) is 0 Å². The summed E-state index contributed by atoms with van der Waals surface area (Å²) in [6, 6.07) is 16.4. The molecule has 0 aliphatic carbocycles. The largest absolute Gasteiger partial charge is 0.405 e. The van der Waals surface area contributed by atoms with Gasteiger partial charge in [-0.1, -0.05) is 86.5 Å². The van der Waals surface area contributed by atoms with Crippen LogP contribution in [-0.4, -0.2) is 12.3 Å². The lowest BCUT2D eigenvalue weighted by Crippen LogP contribution is -2.14. The maximum Gasteiger partial charge on any atom is 0.0732 e. The van der Waals surface area contributed by atoms with Gasteiger partial charge in [0.15, 0.2) is 0 Å². The van der Waals surface area contributed by atoms with Crippen LogP contribution in [0.4, 0.5) is 5.69 Å². The Morgan fingerprint density at radius 2 is 1.81 bits per heavy atom. The number of nitrogens with one attached hydrogen (secondary N) is 1. The van der Waals surface area contributed by atoms with E-state index in [4.69, 9.17) is 10.7 Å². The fraction of sp³-hybridized carbons (Fsp3) is 0.107. The fourth-order valence-electron chi connectivity index (χ4n) is 3.15. The first-order valence-corrected chi connectivity index (χ1v) is 10.2. The molecule has 0 radical (unpaired) electrons. The molecule has 3 nitrogen and oxygen atoms in total. The van der Waals surface area contributed by atoms with E-state index in [1.807, 2.05) is 68.5 Å². The zero-order valence-electron chi connectivity index (χ0n) is 18.4. The molecule has 0 bridgehead atoms. The van der Waals surface area contributed by atoms with Gasteiger partial charge in [-0.25, -0.2) is 0 Å². The predicted octanol–water partition coefficient (Wildman–Crippen LogP) is 6.72. The molecule has 2 aromatic carbocycles. The summed E-state index contributed by atoms with van der Waals surface area (Å²) in [5, 5.41) is 3.40. The van der Waals surface area contributed by atoms with Crippen LogP contribution in [0.1, 0.15) is 19.4 Å². The van der Waals surface area contributed by atoms with Gasteiger partial charge >= 0.3 is 0 Å². The van der Waals surface area contributed by atoms with Crippen molar-refractivity contribution in [2.75, 3.05) is 6.54 Å². The first-order chi connectivity index (χ1) is 15.0. The van der Waals surface area contributed by atoms with E-state index in [1.165, 1.54) is 6.20 Å². The molecule has 3 heteroatoms. The minimum Gasteiger partial charge on any atom is -0.405 e. The normalized spacial score (nSPS) is 12.3. The van der Waals surface area contributed by atoms with Gasteiger partial charge in [0.05, 0.1) is 5.69 Å². The highest BCUT2D eigenvalue weighted by atomic mass is 14.9. The summed E-state index contributed by atoms with van der Waals surface area (Å²) in [5.41, 5.74) is 13.0. The minimum absolute atomic E-state index is 0.561. The topological polar surface area (TPSA) is 50.4 Å². The van der Waals surface area contributed by atoms with Crippen LogP contribution >= 0.6 is 0 Å². The Morgan fingerprint density at radius 1 is 1.06 bits per heavy atom. The van der Waals surface area contributed by atoms with E-state index in [1.54, 1.807) is 6.08 Å². The third-order valence-electron chi connectivity index (χ3n) is 4.75. The molecule has 0 aliphatic heterocycles. The van der Waals surface area contributed by atoms with Crippen molar-refractivity contribution in [1.82, 2.24) is 5.32 Å². The molecule has 0 saturated carbocycles. The zero-order valence-corrected chi connectivity index (χ0v) is 18.4. The standard InChI is InChI=1S/C28H31N3/c1-6-24(7-2)22(4)31-27-18-13-17-26(25-15-9-8-10-16-25)28(27)23(5)30-20-21(3)14-11-12-19-29/h6-19,30H,1,3,5,20,29H2,2,4H3/b14-11-,19-12-,24-7+,31-22?. The van der Waals surface area contributed by atoms with Gasteiger partial charge in [0.2, 0.25) is 0 Å². The quantitative estimate of drug-likeness (QED) is 0.338. The van der Waals surface area contributed by atoms with Crippen LogP contribution in [0.15, 0.2) is 121 Å². The Morgan fingerprint density at radius 3 is 2.45 bits per heavy atom. The molecular formula is C28H31N3. The van der Waals surface area contributed by atoms with Crippen LogP contribution in [0, 0.1) is 0 Å². The summed E-state index contributed by atoms with van der Waals surface area (Å²) < 4.78 is 0. The van der Waals surface area contributed by atoms with Crippen LogP contribution < -0.4 is 11.1 Å². The number of rotatable bonds is 10. The summed E-state index contributed by atoms with van der Waals surface area (Å²) in [4.78, 5) is 4.91. The third kappa shape index (κ3) is 6.58. The number of allylic oxidation sites excluding steroid dienone is 5. The molecule has 0 amide bonds. The second-order valence-electron chi connectivity index (χ2n) is 6.95. The monoisotopic (exact) mass is 409 g/mol. The number of aliphatic imine (C=N–C) groups is 1. The predicted molar refractivity (Wildman–Crippen MR) is 137 cm³/mol.